The van der Waals surface area contributed by atoms with Crippen molar-refractivity contribution in [3.05, 3.63) is 41.6 Å². The zero-order valence-corrected chi connectivity index (χ0v) is 13.2. The van der Waals surface area contributed by atoms with Crippen molar-refractivity contribution < 1.29 is 9.53 Å². The van der Waals surface area contributed by atoms with E-state index in [0.29, 0.717) is 12.2 Å². The molecule has 0 bridgehead atoms. The van der Waals surface area contributed by atoms with Crippen molar-refractivity contribution in [3.8, 4) is 5.75 Å². The van der Waals surface area contributed by atoms with Gasteiger partial charge in [0.05, 0.1) is 6.42 Å². The third-order valence-corrected chi connectivity index (χ3v) is 3.85. The molecule has 0 saturated carbocycles. The van der Waals surface area contributed by atoms with Crippen LogP contribution in [0.25, 0.3) is 0 Å². The van der Waals surface area contributed by atoms with E-state index in [1.165, 1.54) is 5.56 Å². The number of nitrogens with zero attached hydrogens (tertiary/aromatic N) is 2. The third-order valence-electron chi connectivity index (χ3n) is 3.85. The number of benzene rings is 1. The summed E-state index contributed by atoms with van der Waals surface area (Å²) in [6.07, 6.45) is 4.11. The quantitative estimate of drug-likeness (QED) is 0.948. The second-order valence-corrected chi connectivity index (χ2v) is 6.40. The summed E-state index contributed by atoms with van der Waals surface area (Å²) in [4.78, 5) is 12.1. The third kappa shape index (κ3) is 3.30. The molecule has 2 heterocycles. The first kappa shape index (κ1) is 14.6. The summed E-state index contributed by atoms with van der Waals surface area (Å²) in [5, 5.41) is 6.95. The molecule has 0 atom stereocenters. The van der Waals surface area contributed by atoms with Gasteiger partial charge in [0.1, 0.15) is 11.4 Å². The van der Waals surface area contributed by atoms with E-state index < -0.39 is 0 Å². The van der Waals surface area contributed by atoms with E-state index in [1.54, 1.807) is 16.9 Å². The van der Waals surface area contributed by atoms with Crippen molar-refractivity contribution in [1.29, 1.82) is 0 Å². The average molecular weight is 299 g/mol. The van der Waals surface area contributed by atoms with Crippen LogP contribution in [0.15, 0.2) is 30.5 Å². The van der Waals surface area contributed by atoms with Crippen LogP contribution in [0.1, 0.15) is 31.4 Å². The van der Waals surface area contributed by atoms with Gasteiger partial charge in [0.25, 0.3) is 0 Å². The highest BCUT2D eigenvalue weighted by Gasteiger charge is 2.26. The molecule has 0 saturated heterocycles. The van der Waals surface area contributed by atoms with Gasteiger partial charge in [-0.15, -0.1) is 0 Å². The fourth-order valence-electron chi connectivity index (χ4n) is 2.68. The topological polar surface area (TPSA) is 56.2 Å². The van der Waals surface area contributed by atoms with Crippen LogP contribution in [0.5, 0.6) is 5.75 Å². The maximum atomic E-state index is 12.1. The van der Waals surface area contributed by atoms with Crippen LogP contribution >= 0.6 is 0 Å². The zero-order chi connectivity index (χ0) is 15.7. The molecular weight excluding hydrogens is 278 g/mol. The van der Waals surface area contributed by atoms with Crippen LogP contribution in [-0.2, 0) is 24.7 Å². The van der Waals surface area contributed by atoms with Gasteiger partial charge in [0, 0.05) is 19.3 Å². The zero-order valence-electron chi connectivity index (χ0n) is 13.2. The monoisotopic (exact) mass is 299 g/mol. The Kier molecular flexibility index (Phi) is 3.64. The van der Waals surface area contributed by atoms with Crippen LogP contribution < -0.4 is 10.1 Å². The van der Waals surface area contributed by atoms with Gasteiger partial charge in [-0.2, -0.15) is 5.10 Å². The molecule has 3 rings (SSSR count). The van der Waals surface area contributed by atoms with Crippen molar-refractivity contribution in [1.82, 2.24) is 9.78 Å². The molecule has 1 aromatic heterocycles. The minimum Gasteiger partial charge on any atom is -0.488 e. The molecule has 2 aromatic rings. The SMILES string of the molecule is Cn1ccc(NC(=O)Cc2ccc3c(c2)CCC(C)(C)O3)n1. The first-order valence-electron chi connectivity index (χ1n) is 7.52. The Labute approximate surface area is 130 Å². The molecule has 0 radical (unpaired) electrons. The highest BCUT2D eigenvalue weighted by atomic mass is 16.5. The van der Waals surface area contributed by atoms with Gasteiger partial charge in [-0.1, -0.05) is 12.1 Å². The molecule has 5 nitrogen and oxygen atoms in total. The number of aryl methyl sites for hydroxylation is 2. The summed E-state index contributed by atoms with van der Waals surface area (Å²) in [5.41, 5.74) is 2.07. The lowest BCUT2D eigenvalue weighted by molar-refractivity contribution is -0.115. The second kappa shape index (κ2) is 5.48. The molecule has 0 fully saturated rings. The number of amides is 1. The van der Waals surface area contributed by atoms with E-state index in [2.05, 4.69) is 30.3 Å². The molecule has 5 heteroatoms. The number of carbonyl (C=O) groups excluding carboxylic acids is 1. The molecule has 0 aliphatic carbocycles. The maximum absolute atomic E-state index is 12.1. The lowest BCUT2D eigenvalue weighted by atomic mass is 9.93. The summed E-state index contributed by atoms with van der Waals surface area (Å²) in [6, 6.07) is 7.78. The molecule has 1 aliphatic heterocycles. The summed E-state index contributed by atoms with van der Waals surface area (Å²) in [7, 11) is 1.82. The van der Waals surface area contributed by atoms with E-state index in [9.17, 15) is 4.79 Å². The van der Waals surface area contributed by atoms with Crippen LogP contribution in [0, 0.1) is 0 Å². The van der Waals surface area contributed by atoms with Gasteiger partial charge in [-0.3, -0.25) is 9.48 Å². The Morgan fingerprint density at radius 3 is 2.95 bits per heavy atom. The molecule has 0 unspecified atom stereocenters. The molecule has 1 aromatic carbocycles. The minimum atomic E-state index is -0.106. The van der Waals surface area contributed by atoms with Gasteiger partial charge < -0.3 is 10.1 Å². The van der Waals surface area contributed by atoms with Crippen molar-refractivity contribution in [3.63, 3.8) is 0 Å². The van der Waals surface area contributed by atoms with Gasteiger partial charge >= 0.3 is 0 Å². The van der Waals surface area contributed by atoms with Crippen LogP contribution in [-0.4, -0.2) is 21.3 Å². The lowest BCUT2D eigenvalue weighted by Gasteiger charge is -2.32. The first-order valence-corrected chi connectivity index (χ1v) is 7.52. The number of fused-ring (bicyclic) bond motifs is 1. The number of aromatic nitrogens is 2. The van der Waals surface area contributed by atoms with E-state index in [4.69, 9.17) is 4.74 Å². The van der Waals surface area contributed by atoms with E-state index >= 15 is 0 Å². The highest BCUT2D eigenvalue weighted by molar-refractivity contribution is 5.91. The van der Waals surface area contributed by atoms with Crippen LogP contribution in [0.4, 0.5) is 5.82 Å². The van der Waals surface area contributed by atoms with E-state index in [1.807, 2.05) is 19.2 Å². The maximum Gasteiger partial charge on any atom is 0.229 e. The Balaban J connectivity index is 1.67. The van der Waals surface area contributed by atoms with Crippen LogP contribution in [0.2, 0.25) is 0 Å². The van der Waals surface area contributed by atoms with Crippen molar-refractivity contribution in [2.45, 2.75) is 38.7 Å². The second-order valence-electron chi connectivity index (χ2n) is 6.40. The average Bonchev–Trinajstić information content (AvgIpc) is 2.83. The van der Waals surface area contributed by atoms with E-state index in [-0.39, 0.29) is 11.5 Å². The number of hydrogen-bond acceptors (Lipinski definition) is 3. The fraction of sp³-hybridized carbons (Fsp3) is 0.412. The van der Waals surface area contributed by atoms with Gasteiger partial charge in [0.2, 0.25) is 5.91 Å². The van der Waals surface area contributed by atoms with Crippen LogP contribution in [0.3, 0.4) is 0 Å². The Morgan fingerprint density at radius 1 is 1.41 bits per heavy atom. The van der Waals surface area contributed by atoms with Gasteiger partial charge in [-0.25, -0.2) is 0 Å². The summed E-state index contributed by atoms with van der Waals surface area (Å²) < 4.78 is 7.62. The normalized spacial score (nSPS) is 15.8. The molecule has 1 amide bonds. The number of anilines is 1. The highest BCUT2D eigenvalue weighted by Crippen LogP contribution is 2.33. The van der Waals surface area contributed by atoms with Gasteiger partial charge in [0.15, 0.2) is 5.82 Å². The van der Waals surface area contributed by atoms with Crippen molar-refractivity contribution >= 4 is 11.7 Å². The summed E-state index contributed by atoms with van der Waals surface area (Å²) in [5.74, 6) is 1.45. The Morgan fingerprint density at radius 2 is 2.23 bits per heavy atom. The van der Waals surface area contributed by atoms with Gasteiger partial charge in [-0.05, 0) is 43.9 Å². The fourth-order valence-corrected chi connectivity index (χ4v) is 2.68. The lowest BCUT2D eigenvalue weighted by Crippen LogP contribution is -2.32. The standard InChI is InChI=1S/C17H21N3O2/c1-17(2)8-6-13-10-12(4-5-14(13)22-17)11-16(21)18-15-7-9-20(3)19-15/h4-5,7,9-10H,6,8,11H2,1-3H3,(H,18,19,21). The molecule has 116 valence electrons. The molecular formula is C17H21N3O2. The van der Waals surface area contributed by atoms with Crippen molar-refractivity contribution in [2.75, 3.05) is 5.32 Å². The van der Waals surface area contributed by atoms with E-state index in [0.717, 1.165) is 24.2 Å². The number of ether oxygens (including phenoxy) is 1. The largest absolute Gasteiger partial charge is 0.488 e. The Hall–Kier alpha value is -2.30. The molecule has 22 heavy (non-hydrogen) atoms. The molecule has 0 spiro atoms. The summed E-state index contributed by atoms with van der Waals surface area (Å²) >= 11 is 0. The first-order chi connectivity index (χ1) is 10.4. The van der Waals surface area contributed by atoms with Crippen molar-refractivity contribution in [2.24, 2.45) is 7.05 Å². The number of nitrogens with one attached hydrogen (secondary N) is 1. The molecule has 1 aliphatic rings. The predicted octanol–water partition coefficient (Wildman–Crippen LogP) is 2.70. The number of carbonyl (C=O) groups is 1. The smallest absolute Gasteiger partial charge is 0.229 e. The number of rotatable bonds is 3. The predicted molar refractivity (Wildman–Crippen MR) is 85.0 cm³/mol. The number of hydrogen-bond donors (Lipinski definition) is 1. The summed E-state index contributed by atoms with van der Waals surface area (Å²) in [6.45, 7) is 4.20. The Bertz CT molecular complexity index is 704. The molecule has 1 N–H and O–H groups in total. The minimum absolute atomic E-state index is 0.0595.